The van der Waals surface area contributed by atoms with Crippen LogP contribution in [-0.4, -0.2) is 25.0 Å². The third-order valence-electron chi connectivity index (χ3n) is 3.19. The van der Waals surface area contributed by atoms with Gasteiger partial charge in [0.05, 0.1) is 0 Å². The number of rotatable bonds is 7. The summed E-state index contributed by atoms with van der Waals surface area (Å²) in [6.45, 7) is 7.49. The van der Waals surface area contributed by atoms with Crippen LogP contribution in [0, 0.1) is 5.92 Å². The predicted octanol–water partition coefficient (Wildman–Crippen LogP) is 2.67. The molecule has 0 aliphatic heterocycles. The van der Waals surface area contributed by atoms with E-state index in [1.807, 2.05) is 0 Å². The molecule has 0 saturated heterocycles. The zero-order chi connectivity index (χ0) is 12.7. The lowest BCUT2D eigenvalue weighted by atomic mass is 10.0. The number of hydrogen-bond donors (Lipinski definition) is 1. The Bertz CT molecular complexity index is 320. The minimum absolute atomic E-state index is 0.645. The van der Waals surface area contributed by atoms with E-state index in [4.69, 9.17) is 5.73 Å². The summed E-state index contributed by atoms with van der Waals surface area (Å²) < 4.78 is 0. The summed E-state index contributed by atoms with van der Waals surface area (Å²) in [6, 6.07) is 8.48. The monoisotopic (exact) mass is 234 g/mol. The van der Waals surface area contributed by atoms with Gasteiger partial charge in [0.25, 0.3) is 0 Å². The molecule has 2 N–H and O–H groups in total. The van der Waals surface area contributed by atoms with E-state index in [1.165, 1.54) is 24.1 Å². The van der Waals surface area contributed by atoms with Crippen molar-refractivity contribution in [2.24, 2.45) is 11.7 Å². The minimum atomic E-state index is 0.645. The van der Waals surface area contributed by atoms with Crippen LogP contribution >= 0.6 is 0 Å². The molecule has 0 aliphatic rings. The first kappa shape index (κ1) is 14.2. The van der Waals surface area contributed by atoms with Gasteiger partial charge in [0.2, 0.25) is 0 Å². The summed E-state index contributed by atoms with van der Waals surface area (Å²) in [4.78, 5) is 2.41. The largest absolute Gasteiger partial charge is 0.326 e. The van der Waals surface area contributed by atoms with Crippen LogP contribution in [0.5, 0.6) is 0 Å². The third-order valence-corrected chi connectivity index (χ3v) is 3.19. The molecule has 0 heterocycles. The van der Waals surface area contributed by atoms with E-state index in [0.29, 0.717) is 6.54 Å². The Balaban J connectivity index is 2.39. The van der Waals surface area contributed by atoms with Gasteiger partial charge in [0, 0.05) is 13.1 Å². The second-order valence-electron chi connectivity index (χ2n) is 5.21. The number of benzene rings is 1. The van der Waals surface area contributed by atoms with Crippen LogP contribution in [0.25, 0.3) is 0 Å². The maximum absolute atomic E-state index is 5.74. The lowest BCUT2D eigenvalue weighted by molar-refractivity contribution is 0.314. The highest BCUT2D eigenvalue weighted by molar-refractivity contribution is 5.27. The van der Waals surface area contributed by atoms with Gasteiger partial charge in [-0.2, -0.15) is 0 Å². The summed E-state index contributed by atoms with van der Waals surface area (Å²) >= 11 is 0. The van der Waals surface area contributed by atoms with E-state index in [2.05, 4.69) is 50.1 Å². The van der Waals surface area contributed by atoms with Crippen LogP contribution in [0.4, 0.5) is 0 Å². The Morgan fingerprint density at radius 3 is 2.35 bits per heavy atom. The number of hydrogen-bond acceptors (Lipinski definition) is 2. The van der Waals surface area contributed by atoms with Gasteiger partial charge >= 0.3 is 0 Å². The van der Waals surface area contributed by atoms with Crippen LogP contribution in [0.3, 0.4) is 0 Å². The molecule has 96 valence electrons. The summed E-state index contributed by atoms with van der Waals surface area (Å²) in [7, 11) is 2.20. The highest BCUT2D eigenvalue weighted by Gasteiger charge is 2.03. The van der Waals surface area contributed by atoms with Crippen LogP contribution < -0.4 is 5.73 Å². The topological polar surface area (TPSA) is 29.3 Å². The van der Waals surface area contributed by atoms with Crippen LogP contribution in [0.15, 0.2) is 24.3 Å². The van der Waals surface area contributed by atoms with Crippen molar-refractivity contribution in [3.8, 4) is 0 Å². The third kappa shape index (κ3) is 5.33. The molecule has 1 aromatic carbocycles. The Labute approximate surface area is 106 Å². The molecule has 0 unspecified atom stereocenters. The summed E-state index contributed by atoms with van der Waals surface area (Å²) in [5.41, 5.74) is 8.42. The first-order chi connectivity index (χ1) is 8.13. The molecule has 0 fully saturated rings. The smallest absolute Gasteiger partial charge is 0.0180 e. The molecule has 0 saturated carbocycles. The molecular weight excluding hydrogens is 208 g/mol. The number of nitrogens with zero attached hydrogens (tertiary/aromatic N) is 1. The molecule has 0 radical (unpaired) electrons. The van der Waals surface area contributed by atoms with E-state index in [-0.39, 0.29) is 0 Å². The summed E-state index contributed by atoms with van der Waals surface area (Å²) in [5.74, 6) is 0.786. The van der Waals surface area contributed by atoms with Crippen molar-refractivity contribution in [1.29, 1.82) is 0 Å². The van der Waals surface area contributed by atoms with Crippen molar-refractivity contribution in [3.63, 3.8) is 0 Å². The van der Waals surface area contributed by atoms with E-state index >= 15 is 0 Å². The van der Waals surface area contributed by atoms with Crippen molar-refractivity contribution in [3.05, 3.63) is 35.4 Å². The molecule has 17 heavy (non-hydrogen) atoms. The molecule has 0 bridgehead atoms. The van der Waals surface area contributed by atoms with Gasteiger partial charge in [-0.3, -0.25) is 0 Å². The highest BCUT2D eigenvalue weighted by atomic mass is 15.1. The van der Waals surface area contributed by atoms with Crippen molar-refractivity contribution in [2.75, 3.05) is 20.1 Å². The SMILES string of the molecule is CC(C)CCN(C)CCc1ccccc1CN. The second kappa shape index (κ2) is 7.46. The predicted molar refractivity (Wildman–Crippen MR) is 75.0 cm³/mol. The summed E-state index contributed by atoms with van der Waals surface area (Å²) in [5, 5.41) is 0. The van der Waals surface area contributed by atoms with Gasteiger partial charge in [0.15, 0.2) is 0 Å². The van der Waals surface area contributed by atoms with Crippen molar-refractivity contribution >= 4 is 0 Å². The summed E-state index contributed by atoms with van der Waals surface area (Å²) in [6.07, 6.45) is 2.37. The van der Waals surface area contributed by atoms with Gasteiger partial charge in [-0.15, -0.1) is 0 Å². The van der Waals surface area contributed by atoms with Gasteiger partial charge < -0.3 is 10.6 Å². The second-order valence-corrected chi connectivity index (χ2v) is 5.21. The van der Waals surface area contributed by atoms with E-state index in [9.17, 15) is 0 Å². The molecule has 2 heteroatoms. The fourth-order valence-electron chi connectivity index (χ4n) is 1.90. The van der Waals surface area contributed by atoms with E-state index in [0.717, 1.165) is 18.9 Å². The molecular formula is C15H26N2. The standard InChI is InChI=1S/C15H26N2/c1-13(2)8-10-17(3)11-9-14-6-4-5-7-15(14)12-16/h4-7,13H,8-12,16H2,1-3H3. The fourth-order valence-corrected chi connectivity index (χ4v) is 1.90. The van der Waals surface area contributed by atoms with E-state index in [1.54, 1.807) is 0 Å². The maximum Gasteiger partial charge on any atom is 0.0180 e. The first-order valence-electron chi connectivity index (χ1n) is 6.59. The quantitative estimate of drug-likeness (QED) is 0.786. The molecule has 0 atom stereocenters. The highest BCUT2D eigenvalue weighted by Crippen LogP contribution is 2.09. The molecule has 0 spiro atoms. The fraction of sp³-hybridized carbons (Fsp3) is 0.600. The lowest BCUT2D eigenvalue weighted by Gasteiger charge is -2.18. The zero-order valence-corrected chi connectivity index (χ0v) is 11.4. The zero-order valence-electron chi connectivity index (χ0n) is 11.4. The van der Waals surface area contributed by atoms with Gasteiger partial charge in [-0.25, -0.2) is 0 Å². The van der Waals surface area contributed by atoms with Crippen molar-refractivity contribution in [2.45, 2.75) is 33.2 Å². The Morgan fingerprint density at radius 1 is 1.12 bits per heavy atom. The minimum Gasteiger partial charge on any atom is -0.326 e. The van der Waals surface area contributed by atoms with Gasteiger partial charge in [0.1, 0.15) is 0 Å². The molecule has 0 amide bonds. The number of likely N-dealkylation sites (N-methyl/N-ethyl adjacent to an activating group) is 1. The van der Waals surface area contributed by atoms with Gasteiger partial charge in [-0.05, 0) is 43.5 Å². The normalized spacial score (nSPS) is 11.4. The Morgan fingerprint density at radius 2 is 1.76 bits per heavy atom. The molecule has 2 nitrogen and oxygen atoms in total. The molecule has 1 aromatic rings. The van der Waals surface area contributed by atoms with Gasteiger partial charge in [-0.1, -0.05) is 38.1 Å². The number of nitrogens with two attached hydrogens (primary N) is 1. The van der Waals surface area contributed by atoms with E-state index < -0.39 is 0 Å². The van der Waals surface area contributed by atoms with Crippen molar-refractivity contribution < 1.29 is 0 Å². The van der Waals surface area contributed by atoms with Crippen LogP contribution in [-0.2, 0) is 13.0 Å². The average molecular weight is 234 g/mol. The molecule has 1 rings (SSSR count). The van der Waals surface area contributed by atoms with Crippen molar-refractivity contribution in [1.82, 2.24) is 4.90 Å². The lowest BCUT2D eigenvalue weighted by Crippen LogP contribution is -2.23. The molecule has 0 aliphatic carbocycles. The Hall–Kier alpha value is -0.860. The first-order valence-corrected chi connectivity index (χ1v) is 6.59. The van der Waals surface area contributed by atoms with Crippen LogP contribution in [0.2, 0.25) is 0 Å². The molecule has 0 aromatic heterocycles. The maximum atomic E-state index is 5.74. The van der Waals surface area contributed by atoms with Crippen LogP contribution in [0.1, 0.15) is 31.4 Å². The average Bonchev–Trinajstić information content (AvgIpc) is 2.34. The Kier molecular flexibility index (Phi) is 6.23.